The third-order valence-corrected chi connectivity index (χ3v) is 2.17. The molecule has 0 aliphatic rings. The Balaban J connectivity index is 2.26. The third-order valence-electron chi connectivity index (χ3n) is 2.17. The number of benzene rings is 1. The van der Waals surface area contributed by atoms with E-state index in [-0.39, 0.29) is 6.42 Å². The predicted octanol–water partition coefficient (Wildman–Crippen LogP) is -0.338. The van der Waals surface area contributed by atoms with E-state index in [1.807, 2.05) is 30.5 Å². The molecule has 0 N–H and O–H groups in total. The van der Waals surface area contributed by atoms with Gasteiger partial charge in [-0.15, -0.1) is 0 Å². The van der Waals surface area contributed by atoms with E-state index in [0.717, 1.165) is 10.8 Å². The van der Waals surface area contributed by atoms with Crippen LogP contribution in [0.25, 0.3) is 10.8 Å². The molecule has 1 aromatic heterocycles. The Morgan fingerprint density at radius 3 is 2.80 bits per heavy atom. The molecule has 0 aliphatic carbocycles. The molecule has 0 unspecified atom stereocenters. The molecule has 0 amide bonds. The van der Waals surface area contributed by atoms with Crippen molar-refractivity contribution in [3.8, 4) is 0 Å². The number of nitrogens with zero attached hydrogens (tertiary/aromatic N) is 2. The van der Waals surface area contributed by atoms with Gasteiger partial charge in [-0.05, 0) is 11.2 Å². The summed E-state index contributed by atoms with van der Waals surface area (Å²) in [5, 5.41) is 16.5. The lowest BCUT2D eigenvalue weighted by Crippen LogP contribution is -2.40. The monoisotopic (exact) mass is 202 g/mol. The quantitative estimate of drug-likeness (QED) is 0.640. The van der Waals surface area contributed by atoms with Crippen molar-refractivity contribution in [2.24, 2.45) is 0 Å². The van der Waals surface area contributed by atoms with Crippen molar-refractivity contribution >= 4 is 16.7 Å². The lowest BCUT2D eigenvalue weighted by molar-refractivity contribution is -0.752. The van der Waals surface area contributed by atoms with Crippen LogP contribution in [-0.2, 0) is 11.3 Å². The van der Waals surface area contributed by atoms with Crippen LogP contribution in [0.3, 0.4) is 0 Å². The van der Waals surface area contributed by atoms with Crippen LogP contribution < -0.4 is 9.79 Å². The first kappa shape index (κ1) is 9.58. The Bertz CT molecular complexity index is 497. The van der Waals surface area contributed by atoms with E-state index in [1.165, 1.54) is 0 Å². The van der Waals surface area contributed by atoms with Crippen LogP contribution in [0.4, 0.5) is 0 Å². The number of aliphatic carboxylic acids is 1. The van der Waals surface area contributed by atoms with Crippen LogP contribution >= 0.6 is 0 Å². The fourth-order valence-corrected chi connectivity index (χ4v) is 1.40. The number of carboxylic acid groups (broad SMARTS) is 1. The maximum absolute atomic E-state index is 10.3. The Labute approximate surface area is 86.8 Å². The maximum atomic E-state index is 10.3. The zero-order valence-corrected chi connectivity index (χ0v) is 8.09. The van der Waals surface area contributed by atoms with Crippen molar-refractivity contribution in [1.82, 2.24) is 5.10 Å². The molecule has 76 valence electrons. The molecule has 1 heterocycles. The number of hydrogen-bond acceptors (Lipinski definition) is 3. The first-order valence-electron chi connectivity index (χ1n) is 4.70. The fraction of sp³-hybridized carbons (Fsp3) is 0.182. The molecule has 0 aliphatic heterocycles. The number of aromatic nitrogens is 2. The Morgan fingerprint density at radius 2 is 2.07 bits per heavy atom. The van der Waals surface area contributed by atoms with Crippen LogP contribution in [-0.4, -0.2) is 11.1 Å². The second-order valence-corrected chi connectivity index (χ2v) is 3.29. The van der Waals surface area contributed by atoms with E-state index in [2.05, 4.69) is 5.10 Å². The number of carbonyl (C=O) groups excluding carboxylic acids is 1. The molecule has 1 aromatic carbocycles. The van der Waals surface area contributed by atoms with E-state index in [4.69, 9.17) is 0 Å². The lowest BCUT2D eigenvalue weighted by Gasteiger charge is -1.98. The van der Waals surface area contributed by atoms with Crippen molar-refractivity contribution in [2.45, 2.75) is 13.0 Å². The van der Waals surface area contributed by atoms with Gasteiger partial charge in [0.15, 0.2) is 6.54 Å². The standard InChI is InChI=1S/C11H10N2O2/c14-11(15)5-6-13-8-10-4-2-1-3-9(10)7-12-13/h1-4,7-8H,5-6H2. The summed E-state index contributed by atoms with van der Waals surface area (Å²) in [5.74, 6) is -1.06. The molecule has 4 heteroatoms. The summed E-state index contributed by atoms with van der Waals surface area (Å²) >= 11 is 0. The highest BCUT2D eigenvalue weighted by molar-refractivity contribution is 5.79. The van der Waals surface area contributed by atoms with Crippen molar-refractivity contribution in [3.05, 3.63) is 36.7 Å². The van der Waals surface area contributed by atoms with Crippen LogP contribution in [0.1, 0.15) is 6.42 Å². The minimum absolute atomic E-state index is 0.0179. The molecular weight excluding hydrogens is 192 g/mol. The van der Waals surface area contributed by atoms with Gasteiger partial charge in [0.05, 0.1) is 0 Å². The summed E-state index contributed by atoms with van der Waals surface area (Å²) in [6.07, 6.45) is 3.54. The maximum Gasteiger partial charge on any atom is 0.204 e. The summed E-state index contributed by atoms with van der Waals surface area (Å²) in [6.45, 7) is 0.340. The SMILES string of the molecule is O=C([O-])CC[n+]1cc2ccccc2cn1. The number of rotatable bonds is 3. The summed E-state index contributed by atoms with van der Waals surface area (Å²) < 4.78 is 1.61. The number of hydrogen-bond donors (Lipinski definition) is 0. The van der Waals surface area contributed by atoms with Crippen molar-refractivity contribution < 1.29 is 14.6 Å². The van der Waals surface area contributed by atoms with Gasteiger partial charge in [0.25, 0.3) is 0 Å². The van der Waals surface area contributed by atoms with Crippen molar-refractivity contribution in [3.63, 3.8) is 0 Å². The van der Waals surface area contributed by atoms with Gasteiger partial charge in [-0.3, -0.25) is 0 Å². The molecule has 2 rings (SSSR count). The van der Waals surface area contributed by atoms with E-state index in [9.17, 15) is 9.90 Å². The second kappa shape index (κ2) is 4.04. The van der Waals surface area contributed by atoms with Gasteiger partial charge in [-0.1, -0.05) is 22.9 Å². The summed E-state index contributed by atoms with van der Waals surface area (Å²) in [4.78, 5) is 10.3. The zero-order valence-electron chi connectivity index (χ0n) is 8.09. The van der Waals surface area contributed by atoms with Crippen molar-refractivity contribution in [2.75, 3.05) is 0 Å². The average Bonchev–Trinajstić information content (AvgIpc) is 2.26. The molecule has 4 nitrogen and oxygen atoms in total. The zero-order chi connectivity index (χ0) is 10.7. The van der Waals surface area contributed by atoms with Gasteiger partial charge < -0.3 is 9.90 Å². The highest BCUT2D eigenvalue weighted by atomic mass is 16.4. The normalized spacial score (nSPS) is 10.4. The van der Waals surface area contributed by atoms with E-state index in [1.54, 1.807) is 10.9 Å². The second-order valence-electron chi connectivity index (χ2n) is 3.29. The van der Waals surface area contributed by atoms with Gasteiger partial charge in [0, 0.05) is 23.2 Å². The first-order chi connectivity index (χ1) is 7.25. The molecule has 15 heavy (non-hydrogen) atoms. The van der Waals surface area contributed by atoms with E-state index < -0.39 is 5.97 Å². The number of carbonyl (C=O) groups is 1. The largest absolute Gasteiger partial charge is 0.550 e. The Morgan fingerprint density at radius 1 is 1.33 bits per heavy atom. The highest BCUT2D eigenvalue weighted by Crippen LogP contribution is 2.08. The molecule has 2 aromatic rings. The molecule has 0 saturated heterocycles. The molecule has 0 saturated carbocycles. The smallest absolute Gasteiger partial charge is 0.204 e. The summed E-state index contributed by atoms with van der Waals surface area (Å²) in [6, 6.07) is 7.80. The number of fused-ring (bicyclic) bond motifs is 1. The van der Waals surface area contributed by atoms with Crippen LogP contribution in [0.2, 0.25) is 0 Å². The molecular formula is C11H10N2O2. The topological polar surface area (TPSA) is 56.9 Å². The molecule has 0 spiro atoms. The van der Waals surface area contributed by atoms with Crippen LogP contribution in [0.5, 0.6) is 0 Å². The summed E-state index contributed by atoms with van der Waals surface area (Å²) in [5.41, 5.74) is 0. The van der Waals surface area contributed by atoms with Crippen LogP contribution in [0, 0.1) is 0 Å². The van der Waals surface area contributed by atoms with Gasteiger partial charge in [0.2, 0.25) is 6.20 Å². The van der Waals surface area contributed by atoms with Crippen LogP contribution in [0.15, 0.2) is 36.7 Å². The van der Waals surface area contributed by atoms with Gasteiger partial charge in [-0.2, -0.15) is 0 Å². The average molecular weight is 202 g/mol. The van der Waals surface area contributed by atoms with Crippen molar-refractivity contribution in [1.29, 1.82) is 0 Å². The Kier molecular flexibility index (Phi) is 2.58. The minimum atomic E-state index is -1.06. The van der Waals surface area contributed by atoms with E-state index >= 15 is 0 Å². The highest BCUT2D eigenvalue weighted by Gasteiger charge is 2.04. The molecule has 0 fully saturated rings. The van der Waals surface area contributed by atoms with Gasteiger partial charge >= 0.3 is 0 Å². The van der Waals surface area contributed by atoms with Gasteiger partial charge in [0.1, 0.15) is 6.20 Å². The predicted molar refractivity (Wildman–Crippen MR) is 51.6 cm³/mol. The third kappa shape index (κ3) is 2.28. The van der Waals surface area contributed by atoms with E-state index in [0.29, 0.717) is 6.54 Å². The molecule has 0 radical (unpaired) electrons. The van der Waals surface area contributed by atoms with Gasteiger partial charge in [-0.25, -0.2) is 0 Å². The number of carboxylic acids is 1. The Hall–Kier alpha value is -1.97. The first-order valence-corrected chi connectivity index (χ1v) is 4.70. The molecule has 0 bridgehead atoms. The molecule has 0 atom stereocenters. The minimum Gasteiger partial charge on any atom is -0.550 e. The lowest BCUT2D eigenvalue weighted by atomic mass is 10.2. The number of aryl methyl sites for hydroxylation is 1. The summed E-state index contributed by atoms with van der Waals surface area (Å²) in [7, 11) is 0. The fourth-order valence-electron chi connectivity index (χ4n) is 1.40.